The molecule has 1 aliphatic rings. The van der Waals surface area contributed by atoms with Crippen LogP contribution in [0.15, 0.2) is 61.2 Å². The number of anilines is 1. The van der Waals surface area contributed by atoms with Crippen molar-refractivity contribution in [2.24, 2.45) is 0 Å². The van der Waals surface area contributed by atoms with Crippen molar-refractivity contribution in [3.8, 4) is 23.0 Å². The summed E-state index contributed by atoms with van der Waals surface area (Å²) in [6.45, 7) is -1.23. The molecule has 2 aromatic heterocycles. The van der Waals surface area contributed by atoms with Gasteiger partial charge in [0, 0.05) is 0 Å². The Morgan fingerprint density at radius 2 is 1.52 bits per heavy atom. The van der Waals surface area contributed by atoms with Crippen molar-refractivity contribution in [3.63, 3.8) is 0 Å². The fraction of sp³-hybridized carbons (Fsp3) is 0.320. The van der Waals surface area contributed by atoms with Crippen molar-refractivity contribution in [2.45, 2.75) is 30.5 Å². The summed E-state index contributed by atoms with van der Waals surface area (Å²) < 4.78 is 76.5. The molecule has 1 fully saturated rings. The molecule has 224 valence electrons. The first-order chi connectivity index (χ1) is 20.1. The zero-order valence-electron chi connectivity index (χ0n) is 22.1. The number of fused-ring (bicyclic) bond motifs is 1. The van der Waals surface area contributed by atoms with E-state index in [4.69, 9.17) is 33.5 Å². The highest BCUT2D eigenvalue weighted by Crippen LogP contribution is 2.52. The third kappa shape index (κ3) is 5.54. The van der Waals surface area contributed by atoms with Crippen molar-refractivity contribution < 1.29 is 51.3 Å². The topological polar surface area (TPSA) is 183 Å². The number of aromatic nitrogens is 4. The van der Waals surface area contributed by atoms with Gasteiger partial charge in [0.25, 0.3) is 6.43 Å². The Morgan fingerprint density at radius 1 is 0.976 bits per heavy atom. The smallest absolute Gasteiger partial charge is 0.497 e. The van der Waals surface area contributed by atoms with Crippen LogP contribution in [0.25, 0.3) is 11.2 Å². The maximum atomic E-state index is 14.7. The fourth-order valence-electron chi connectivity index (χ4n) is 4.23. The average molecular weight is 609 g/mol. The summed E-state index contributed by atoms with van der Waals surface area (Å²) in [7, 11) is -1.86. The van der Waals surface area contributed by atoms with Gasteiger partial charge in [-0.05, 0) is 48.5 Å². The zero-order valence-corrected chi connectivity index (χ0v) is 23.0. The molecule has 3 heterocycles. The summed E-state index contributed by atoms with van der Waals surface area (Å²) in [4.78, 5) is 11.9. The predicted molar refractivity (Wildman–Crippen MR) is 141 cm³/mol. The standard InChI is InChI=1S/C25H26F2N5O9P/c1-36-14-3-7-16(8-4-14)40-42(35,41-17-9-5-15(37-2)6-10-17)38-11-25(24(26)27)20(34)19(33)23(39-25)32-13-31-18-21(28)29-12-30-22(18)32/h3-10,12-13,19-20,23-24,33-34H,11H2,1-2H3,(H2,28,29,30). The minimum Gasteiger partial charge on any atom is -0.497 e. The summed E-state index contributed by atoms with van der Waals surface area (Å²) in [5.41, 5.74) is 3.09. The molecule has 4 unspecified atom stereocenters. The molecule has 1 aliphatic heterocycles. The van der Waals surface area contributed by atoms with Crippen LogP contribution in [0.1, 0.15) is 6.23 Å². The van der Waals surface area contributed by atoms with Crippen molar-refractivity contribution in [3.05, 3.63) is 61.2 Å². The summed E-state index contributed by atoms with van der Waals surface area (Å²) in [6.07, 6.45) is -6.95. The van der Waals surface area contributed by atoms with E-state index in [1.807, 2.05) is 0 Å². The number of alkyl halides is 2. The summed E-state index contributed by atoms with van der Waals surface area (Å²) in [5, 5.41) is 21.6. The number of aliphatic hydroxyl groups excluding tert-OH is 2. The van der Waals surface area contributed by atoms with E-state index in [1.54, 1.807) is 0 Å². The van der Waals surface area contributed by atoms with E-state index >= 15 is 0 Å². The van der Waals surface area contributed by atoms with Crippen LogP contribution in [0.4, 0.5) is 14.6 Å². The molecule has 1 saturated heterocycles. The van der Waals surface area contributed by atoms with E-state index in [0.29, 0.717) is 11.5 Å². The molecule has 0 bridgehead atoms. The van der Waals surface area contributed by atoms with E-state index in [9.17, 15) is 23.6 Å². The fourth-order valence-corrected chi connectivity index (χ4v) is 5.49. The number of phosphoric acid groups is 1. The van der Waals surface area contributed by atoms with E-state index < -0.39 is 44.9 Å². The van der Waals surface area contributed by atoms with Gasteiger partial charge in [-0.1, -0.05) is 0 Å². The van der Waals surface area contributed by atoms with Gasteiger partial charge in [0.15, 0.2) is 23.3 Å². The number of hydrogen-bond acceptors (Lipinski definition) is 13. The number of hydrogen-bond donors (Lipinski definition) is 3. The molecule has 4 aromatic rings. The molecule has 0 radical (unpaired) electrons. The first-order valence-electron chi connectivity index (χ1n) is 12.3. The first kappa shape index (κ1) is 29.4. The Balaban J connectivity index is 1.44. The lowest BCUT2D eigenvalue weighted by Gasteiger charge is -2.31. The van der Waals surface area contributed by atoms with Crippen molar-refractivity contribution in [1.29, 1.82) is 0 Å². The van der Waals surface area contributed by atoms with Crippen LogP contribution in [-0.4, -0.2) is 74.8 Å². The van der Waals surface area contributed by atoms with Gasteiger partial charge in [-0.2, -0.15) is 0 Å². The van der Waals surface area contributed by atoms with Gasteiger partial charge in [-0.15, -0.1) is 0 Å². The molecule has 2 aromatic carbocycles. The van der Waals surface area contributed by atoms with Crippen LogP contribution >= 0.6 is 7.82 Å². The monoisotopic (exact) mass is 609 g/mol. The van der Waals surface area contributed by atoms with Crippen LogP contribution in [0, 0.1) is 0 Å². The number of nitrogens with zero attached hydrogens (tertiary/aromatic N) is 4. The molecular formula is C25H26F2N5O9P. The minimum absolute atomic E-state index is 0.00235. The number of halogens is 2. The zero-order chi connectivity index (χ0) is 30.1. The Morgan fingerprint density at radius 3 is 2.05 bits per heavy atom. The second-order valence-corrected chi connectivity index (χ2v) is 10.6. The Bertz CT molecular complexity index is 1520. The predicted octanol–water partition coefficient (Wildman–Crippen LogP) is 2.96. The van der Waals surface area contributed by atoms with Gasteiger partial charge in [0.05, 0.1) is 27.2 Å². The Hall–Kier alpha value is -4.08. The summed E-state index contributed by atoms with van der Waals surface area (Å²) >= 11 is 0. The lowest BCUT2D eigenvalue weighted by molar-refractivity contribution is -0.192. The van der Waals surface area contributed by atoms with Crippen molar-refractivity contribution in [1.82, 2.24) is 19.5 Å². The molecule has 42 heavy (non-hydrogen) atoms. The quantitative estimate of drug-likeness (QED) is 0.211. The summed E-state index contributed by atoms with van der Waals surface area (Å²) in [5.74, 6) is 0.917. The number of ether oxygens (including phenoxy) is 3. The molecule has 14 nitrogen and oxygen atoms in total. The molecule has 0 aliphatic carbocycles. The second kappa shape index (κ2) is 11.7. The van der Waals surface area contributed by atoms with Gasteiger partial charge in [0.2, 0.25) is 0 Å². The van der Waals surface area contributed by atoms with Gasteiger partial charge in [0.1, 0.15) is 47.1 Å². The number of aliphatic hydroxyl groups is 2. The highest BCUT2D eigenvalue weighted by molar-refractivity contribution is 7.49. The van der Waals surface area contributed by atoms with Gasteiger partial charge < -0.3 is 39.2 Å². The number of nitrogen functional groups attached to an aromatic ring is 1. The number of imidazole rings is 1. The molecule has 5 rings (SSSR count). The molecule has 0 spiro atoms. The third-order valence-corrected chi connectivity index (χ3v) is 7.80. The minimum atomic E-state index is -4.76. The van der Waals surface area contributed by atoms with Crippen LogP contribution < -0.4 is 24.3 Å². The summed E-state index contributed by atoms with van der Waals surface area (Å²) in [6, 6.07) is 11.6. The molecular weight excluding hydrogens is 583 g/mol. The first-order valence-corrected chi connectivity index (χ1v) is 13.7. The normalized spacial score (nSPS) is 22.4. The lowest BCUT2D eigenvalue weighted by Crippen LogP contribution is -2.52. The highest BCUT2D eigenvalue weighted by Gasteiger charge is 2.62. The molecule has 4 atom stereocenters. The second-order valence-electron chi connectivity index (χ2n) is 9.04. The third-order valence-electron chi connectivity index (χ3n) is 6.49. The number of benzene rings is 2. The average Bonchev–Trinajstić information content (AvgIpc) is 3.53. The van der Waals surface area contributed by atoms with Crippen molar-refractivity contribution >= 4 is 24.8 Å². The molecule has 0 amide bonds. The molecule has 0 saturated carbocycles. The highest BCUT2D eigenvalue weighted by atomic mass is 31.2. The Kier molecular flexibility index (Phi) is 8.17. The maximum Gasteiger partial charge on any atom is 0.587 e. The maximum absolute atomic E-state index is 14.7. The molecule has 17 heteroatoms. The lowest BCUT2D eigenvalue weighted by atomic mass is 9.96. The van der Waals surface area contributed by atoms with E-state index in [1.165, 1.54) is 62.8 Å². The van der Waals surface area contributed by atoms with E-state index in [0.717, 1.165) is 17.2 Å². The van der Waals surface area contributed by atoms with E-state index in [2.05, 4.69) is 15.0 Å². The van der Waals surface area contributed by atoms with Crippen LogP contribution in [0.3, 0.4) is 0 Å². The van der Waals surface area contributed by atoms with Crippen LogP contribution in [0.5, 0.6) is 23.0 Å². The van der Waals surface area contributed by atoms with Crippen molar-refractivity contribution in [2.75, 3.05) is 26.6 Å². The SMILES string of the molecule is COc1ccc(OP(=O)(OCC2(C(F)F)OC(n3cnc4c(N)ncnc43)C(O)C2O)Oc2ccc(OC)cc2)cc1. The number of rotatable bonds is 11. The number of phosphoric ester groups is 1. The van der Waals surface area contributed by atoms with Gasteiger partial charge in [-0.25, -0.2) is 28.3 Å². The Labute approximate surface area is 237 Å². The van der Waals surface area contributed by atoms with E-state index in [-0.39, 0.29) is 28.5 Å². The molecule has 4 N–H and O–H groups in total. The van der Waals surface area contributed by atoms with Gasteiger partial charge >= 0.3 is 7.82 Å². The van der Waals surface area contributed by atoms with Crippen LogP contribution in [0.2, 0.25) is 0 Å². The van der Waals surface area contributed by atoms with Gasteiger partial charge in [-0.3, -0.25) is 9.09 Å². The number of methoxy groups -OCH3 is 2. The number of nitrogens with two attached hydrogens (primary N) is 1. The largest absolute Gasteiger partial charge is 0.587 e. The van der Waals surface area contributed by atoms with Crippen LogP contribution in [-0.2, 0) is 13.8 Å².